The number of amides is 1. The fourth-order valence-electron chi connectivity index (χ4n) is 3.90. The molecule has 1 N–H and O–H groups in total. The molecule has 0 radical (unpaired) electrons. The molecular weight excluding hydrogens is 431 g/mol. The molecule has 8 heteroatoms. The summed E-state index contributed by atoms with van der Waals surface area (Å²) in [7, 11) is 0. The number of hydrogen-bond donors (Lipinski definition) is 1. The van der Waals surface area contributed by atoms with Crippen LogP contribution in [0.2, 0.25) is 0 Å². The minimum absolute atomic E-state index is 0.0450. The zero-order valence-corrected chi connectivity index (χ0v) is 17.9. The van der Waals surface area contributed by atoms with E-state index in [0.29, 0.717) is 17.6 Å². The highest BCUT2D eigenvalue weighted by atomic mass is 19.4. The molecule has 5 nitrogen and oxygen atoms in total. The van der Waals surface area contributed by atoms with Crippen LogP contribution < -0.4 is 10.9 Å². The van der Waals surface area contributed by atoms with E-state index in [-0.39, 0.29) is 17.5 Å². The molecule has 0 unspecified atom stereocenters. The smallest absolute Gasteiger partial charge is 0.354 e. The summed E-state index contributed by atoms with van der Waals surface area (Å²) in [6.07, 6.45) is -2.73. The van der Waals surface area contributed by atoms with Gasteiger partial charge >= 0.3 is 6.18 Å². The summed E-state index contributed by atoms with van der Waals surface area (Å²) in [5.41, 5.74) is -0.164. The number of hydrogen-bond acceptors (Lipinski definition) is 3. The zero-order chi connectivity index (χ0) is 23.4. The lowest BCUT2D eigenvalue weighted by Gasteiger charge is -2.18. The molecular formula is C25H24F3N3O2. The molecule has 2 aromatic carbocycles. The van der Waals surface area contributed by atoms with Gasteiger partial charge in [-0.1, -0.05) is 60.7 Å². The van der Waals surface area contributed by atoms with Crippen molar-refractivity contribution < 1.29 is 18.0 Å². The molecule has 1 aromatic heterocycles. The van der Waals surface area contributed by atoms with Crippen molar-refractivity contribution in [2.24, 2.45) is 0 Å². The Morgan fingerprint density at radius 3 is 2.12 bits per heavy atom. The number of alkyl halides is 3. The van der Waals surface area contributed by atoms with Crippen molar-refractivity contribution >= 4 is 5.91 Å². The Morgan fingerprint density at radius 1 is 1.03 bits per heavy atom. The fraction of sp³-hybridized carbons (Fsp3) is 0.320. The van der Waals surface area contributed by atoms with Gasteiger partial charge in [-0.25, -0.2) is 4.68 Å². The number of rotatable bonds is 8. The van der Waals surface area contributed by atoms with Gasteiger partial charge in [0.2, 0.25) is 5.91 Å². The minimum Gasteiger partial charge on any atom is -0.354 e. The van der Waals surface area contributed by atoms with Crippen molar-refractivity contribution in [3.05, 3.63) is 99.5 Å². The van der Waals surface area contributed by atoms with E-state index in [4.69, 9.17) is 0 Å². The van der Waals surface area contributed by atoms with Crippen molar-refractivity contribution in [2.45, 2.75) is 43.8 Å². The van der Waals surface area contributed by atoms with Crippen LogP contribution in [0, 0.1) is 0 Å². The van der Waals surface area contributed by atoms with Crippen LogP contribution in [0.15, 0.2) is 71.5 Å². The molecule has 0 spiro atoms. The standard InChI is InChI=1S/C25H24F3N3O2/c26-25(27,28)21-15-22(19-11-12-19)30-31(24(21)33)16-23(32)29-14-13-20(17-7-3-1-4-8-17)18-9-5-2-6-10-18/h1-10,15,19-20H,11-14,16H2,(H,29,32). The Labute approximate surface area is 189 Å². The van der Waals surface area contributed by atoms with Gasteiger partial charge in [0.1, 0.15) is 12.1 Å². The number of carbonyl (C=O) groups excluding carboxylic acids is 1. The molecule has 1 heterocycles. The molecule has 172 valence electrons. The Kier molecular flexibility index (Phi) is 6.62. The van der Waals surface area contributed by atoms with E-state index in [1.165, 1.54) is 0 Å². The van der Waals surface area contributed by atoms with E-state index in [1.807, 2.05) is 60.7 Å². The van der Waals surface area contributed by atoms with Crippen LogP contribution >= 0.6 is 0 Å². The number of nitrogens with one attached hydrogen (secondary N) is 1. The van der Waals surface area contributed by atoms with Gasteiger partial charge in [0.25, 0.3) is 5.56 Å². The van der Waals surface area contributed by atoms with E-state index < -0.39 is 29.8 Å². The van der Waals surface area contributed by atoms with Crippen LogP contribution in [0.1, 0.15) is 53.5 Å². The Hall–Kier alpha value is -3.42. The number of aromatic nitrogens is 2. The first kappa shape index (κ1) is 22.8. The van der Waals surface area contributed by atoms with Crippen molar-refractivity contribution in [1.82, 2.24) is 15.1 Å². The highest BCUT2D eigenvalue weighted by Gasteiger charge is 2.37. The second-order valence-corrected chi connectivity index (χ2v) is 8.23. The van der Waals surface area contributed by atoms with E-state index in [0.717, 1.165) is 30.0 Å². The van der Waals surface area contributed by atoms with E-state index >= 15 is 0 Å². The third-order valence-electron chi connectivity index (χ3n) is 5.75. The second kappa shape index (κ2) is 9.60. The average molecular weight is 455 g/mol. The summed E-state index contributed by atoms with van der Waals surface area (Å²) >= 11 is 0. The lowest BCUT2D eigenvalue weighted by atomic mass is 9.88. The SMILES string of the molecule is O=C(Cn1nc(C2CC2)cc(C(F)(F)F)c1=O)NCCC(c1ccccc1)c1ccccc1. The van der Waals surface area contributed by atoms with Crippen LogP contribution in [-0.4, -0.2) is 22.2 Å². The predicted molar refractivity (Wildman–Crippen MR) is 118 cm³/mol. The first-order valence-electron chi connectivity index (χ1n) is 10.9. The second-order valence-electron chi connectivity index (χ2n) is 8.23. The van der Waals surface area contributed by atoms with Crippen molar-refractivity contribution in [2.75, 3.05) is 6.54 Å². The highest BCUT2D eigenvalue weighted by molar-refractivity contribution is 5.75. The van der Waals surface area contributed by atoms with E-state index in [2.05, 4.69) is 10.4 Å². The maximum Gasteiger partial charge on any atom is 0.421 e. The van der Waals surface area contributed by atoms with Crippen LogP contribution in [0.4, 0.5) is 13.2 Å². The largest absolute Gasteiger partial charge is 0.421 e. The summed E-state index contributed by atoms with van der Waals surface area (Å²) in [5, 5.41) is 6.76. The van der Waals surface area contributed by atoms with Crippen LogP contribution in [0.5, 0.6) is 0 Å². The summed E-state index contributed by atoms with van der Waals surface area (Å²) in [6, 6.07) is 20.6. The molecule has 0 aliphatic heterocycles. The normalized spacial score (nSPS) is 13.8. The molecule has 0 bridgehead atoms. The Bertz CT molecular complexity index is 1120. The fourth-order valence-corrected chi connectivity index (χ4v) is 3.90. The molecule has 0 saturated heterocycles. The lowest BCUT2D eigenvalue weighted by Crippen LogP contribution is -2.37. The maximum atomic E-state index is 13.3. The molecule has 33 heavy (non-hydrogen) atoms. The molecule has 1 aliphatic rings. The van der Waals surface area contributed by atoms with Gasteiger partial charge in [-0.15, -0.1) is 0 Å². The number of benzene rings is 2. The average Bonchev–Trinajstić information content (AvgIpc) is 3.64. The van der Waals surface area contributed by atoms with Gasteiger partial charge in [-0.3, -0.25) is 9.59 Å². The third-order valence-corrected chi connectivity index (χ3v) is 5.75. The molecule has 1 saturated carbocycles. The van der Waals surface area contributed by atoms with Gasteiger partial charge < -0.3 is 5.32 Å². The topological polar surface area (TPSA) is 64.0 Å². The first-order valence-corrected chi connectivity index (χ1v) is 10.9. The van der Waals surface area contributed by atoms with Gasteiger partial charge in [0, 0.05) is 18.4 Å². The first-order chi connectivity index (χ1) is 15.8. The zero-order valence-electron chi connectivity index (χ0n) is 17.9. The predicted octanol–water partition coefficient (Wildman–Crippen LogP) is 4.48. The molecule has 1 aliphatic carbocycles. The third kappa shape index (κ3) is 5.69. The quantitative estimate of drug-likeness (QED) is 0.545. The molecule has 3 aromatic rings. The Morgan fingerprint density at radius 2 is 1.61 bits per heavy atom. The molecule has 4 rings (SSSR count). The van der Waals surface area contributed by atoms with Crippen molar-refractivity contribution in [1.29, 1.82) is 0 Å². The van der Waals surface area contributed by atoms with Gasteiger partial charge in [-0.05, 0) is 36.5 Å². The summed E-state index contributed by atoms with van der Waals surface area (Å²) in [4.78, 5) is 24.8. The van der Waals surface area contributed by atoms with Gasteiger partial charge in [0.05, 0.1) is 5.69 Å². The van der Waals surface area contributed by atoms with E-state index in [9.17, 15) is 22.8 Å². The highest BCUT2D eigenvalue weighted by Crippen LogP contribution is 2.40. The maximum absolute atomic E-state index is 13.3. The minimum atomic E-state index is -4.79. The molecule has 0 atom stereocenters. The van der Waals surface area contributed by atoms with E-state index in [1.54, 1.807) is 0 Å². The van der Waals surface area contributed by atoms with Crippen molar-refractivity contribution in [3.63, 3.8) is 0 Å². The van der Waals surface area contributed by atoms with Crippen LogP contribution in [0.3, 0.4) is 0 Å². The van der Waals surface area contributed by atoms with Gasteiger partial charge in [-0.2, -0.15) is 18.3 Å². The summed E-state index contributed by atoms with van der Waals surface area (Å²) < 4.78 is 40.5. The number of nitrogens with zero attached hydrogens (tertiary/aromatic N) is 2. The van der Waals surface area contributed by atoms with Gasteiger partial charge in [0.15, 0.2) is 0 Å². The number of halogens is 3. The van der Waals surface area contributed by atoms with Crippen LogP contribution in [-0.2, 0) is 17.5 Å². The summed E-state index contributed by atoms with van der Waals surface area (Å²) in [5.74, 6) is -0.590. The monoisotopic (exact) mass is 455 g/mol. The van der Waals surface area contributed by atoms with Crippen molar-refractivity contribution in [3.8, 4) is 0 Å². The molecule has 1 fully saturated rings. The molecule has 1 amide bonds. The number of carbonyl (C=O) groups is 1. The summed E-state index contributed by atoms with van der Waals surface area (Å²) in [6.45, 7) is -0.250. The Balaban J connectivity index is 1.45. The lowest BCUT2D eigenvalue weighted by molar-refractivity contribution is -0.139. The van der Waals surface area contributed by atoms with Crippen LogP contribution in [0.25, 0.3) is 0 Å².